The number of fused-ring (bicyclic) bond motifs is 3. The van der Waals surface area contributed by atoms with Crippen molar-refractivity contribution in [3.8, 4) is 0 Å². The van der Waals surface area contributed by atoms with Gasteiger partial charge in [0, 0.05) is 26.2 Å². The highest BCUT2D eigenvalue weighted by molar-refractivity contribution is 5.93. The van der Waals surface area contributed by atoms with Crippen molar-refractivity contribution in [2.45, 2.75) is 13.8 Å². The molecule has 1 saturated heterocycles. The summed E-state index contributed by atoms with van der Waals surface area (Å²) in [6, 6.07) is 3.62. The van der Waals surface area contributed by atoms with E-state index in [0.29, 0.717) is 27.9 Å². The normalized spacial score (nSPS) is 15.9. The number of likely N-dealkylation sites (N-methyl/N-ethyl adjacent to an activating group) is 1. The SMILES string of the molecule is Cc1nc2c3c(F)c(C)ccc3nc(N3CCN(C)CC3)n2n1.Cl. The molecule has 0 N–H and O–H groups in total. The molecule has 1 aliphatic heterocycles. The van der Waals surface area contributed by atoms with E-state index in [9.17, 15) is 4.39 Å². The Morgan fingerprint density at radius 1 is 1.04 bits per heavy atom. The van der Waals surface area contributed by atoms with Crippen LogP contribution in [0.25, 0.3) is 16.6 Å². The number of nitrogens with zero attached hydrogens (tertiary/aromatic N) is 6. The molecule has 0 atom stereocenters. The second-order valence-electron chi connectivity index (χ2n) is 6.19. The molecule has 0 spiro atoms. The lowest BCUT2D eigenvalue weighted by atomic mass is 10.1. The van der Waals surface area contributed by atoms with E-state index >= 15 is 0 Å². The van der Waals surface area contributed by atoms with Gasteiger partial charge in [0.1, 0.15) is 11.6 Å². The molecule has 0 unspecified atom stereocenters. The van der Waals surface area contributed by atoms with Gasteiger partial charge in [-0.3, -0.25) is 0 Å². The second-order valence-corrected chi connectivity index (χ2v) is 6.19. The summed E-state index contributed by atoms with van der Waals surface area (Å²) in [5.74, 6) is 1.09. The van der Waals surface area contributed by atoms with Gasteiger partial charge in [-0.2, -0.15) is 4.52 Å². The van der Waals surface area contributed by atoms with Gasteiger partial charge in [0.05, 0.1) is 10.9 Å². The average molecular weight is 351 g/mol. The molecule has 2 aromatic heterocycles. The van der Waals surface area contributed by atoms with Gasteiger partial charge in [-0.15, -0.1) is 17.5 Å². The van der Waals surface area contributed by atoms with Crippen LogP contribution in [0.1, 0.15) is 11.4 Å². The zero-order valence-corrected chi connectivity index (χ0v) is 14.8. The van der Waals surface area contributed by atoms with Crippen LogP contribution in [0.3, 0.4) is 0 Å². The van der Waals surface area contributed by atoms with Gasteiger partial charge < -0.3 is 9.80 Å². The molecule has 0 amide bonds. The van der Waals surface area contributed by atoms with Crippen LogP contribution in [-0.4, -0.2) is 57.7 Å². The molecule has 1 fully saturated rings. The average Bonchev–Trinajstić information content (AvgIpc) is 2.92. The molecule has 128 valence electrons. The third-order valence-electron chi connectivity index (χ3n) is 4.45. The Bertz CT molecular complexity index is 901. The molecule has 0 radical (unpaired) electrons. The zero-order chi connectivity index (χ0) is 16.1. The van der Waals surface area contributed by atoms with Crippen molar-refractivity contribution in [1.82, 2.24) is 24.5 Å². The molecule has 3 aromatic rings. The van der Waals surface area contributed by atoms with Crippen LogP contribution in [-0.2, 0) is 0 Å². The van der Waals surface area contributed by atoms with Gasteiger partial charge in [0.15, 0.2) is 5.65 Å². The van der Waals surface area contributed by atoms with Crippen LogP contribution in [0.4, 0.5) is 10.3 Å². The standard InChI is InChI=1S/C16H19FN6.ClH/c1-10-4-5-12-13(14(10)17)15-18-11(2)20-23(15)16(19-12)22-8-6-21(3)7-9-22;/h4-5H,6-9H2,1-3H3;1H. The monoisotopic (exact) mass is 350 g/mol. The number of benzene rings is 1. The molecule has 8 heteroatoms. The third-order valence-corrected chi connectivity index (χ3v) is 4.45. The molecule has 0 bridgehead atoms. The van der Waals surface area contributed by atoms with Crippen LogP contribution in [0.15, 0.2) is 12.1 Å². The fourth-order valence-corrected chi connectivity index (χ4v) is 3.06. The molecule has 0 saturated carbocycles. The Labute approximate surface area is 145 Å². The maximum absolute atomic E-state index is 14.6. The first-order chi connectivity index (χ1) is 11.0. The maximum Gasteiger partial charge on any atom is 0.229 e. The molecular weight excluding hydrogens is 331 g/mol. The number of aromatic nitrogens is 4. The summed E-state index contributed by atoms with van der Waals surface area (Å²) in [6.45, 7) is 7.26. The van der Waals surface area contributed by atoms with Crippen molar-refractivity contribution < 1.29 is 4.39 Å². The van der Waals surface area contributed by atoms with E-state index in [1.165, 1.54) is 0 Å². The Hall–Kier alpha value is -1.99. The fraction of sp³-hybridized carbons (Fsp3) is 0.438. The number of anilines is 1. The van der Waals surface area contributed by atoms with Gasteiger partial charge in [-0.25, -0.2) is 14.4 Å². The lowest BCUT2D eigenvalue weighted by Gasteiger charge is -2.33. The summed E-state index contributed by atoms with van der Waals surface area (Å²) in [5, 5.41) is 4.90. The minimum Gasteiger partial charge on any atom is -0.338 e. The van der Waals surface area contributed by atoms with Crippen molar-refractivity contribution >= 4 is 34.9 Å². The lowest BCUT2D eigenvalue weighted by Crippen LogP contribution is -2.45. The van der Waals surface area contributed by atoms with E-state index in [1.54, 1.807) is 17.5 Å². The molecule has 0 aliphatic carbocycles. The van der Waals surface area contributed by atoms with Gasteiger partial charge in [-0.05, 0) is 32.5 Å². The van der Waals surface area contributed by atoms with Gasteiger partial charge in [0.2, 0.25) is 5.95 Å². The highest BCUT2D eigenvalue weighted by Crippen LogP contribution is 2.27. The predicted octanol–water partition coefficient (Wildman–Crippen LogP) is 2.21. The summed E-state index contributed by atoms with van der Waals surface area (Å²) < 4.78 is 16.3. The smallest absolute Gasteiger partial charge is 0.229 e. The number of piperazine rings is 1. The number of hydrogen-bond acceptors (Lipinski definition) is 5. The van der Waals surface area contributed by atoms with Gasteiger partial charge >= 0.3 is 0 Å². The van der Waals surface area contributed by atoms with E-state index in [4.69, 9.17) is 4.98 Å². The highest BCUT2D eigenvalue weighted by Gasteiger charge is 2.22. The molecule has 24 heavy (non-hydrogen) atoms. The van der Waals surface area contributed by atoms with Crippen molar-refractivity contribution in [3.63, 3.8) is 0 Å². The minimum absolute atomic E-state index is 0. The quantitative estimate of drug-likeness (QED) is 0.673. The number of hydrogen-bond donors (Lipinski definition) is 0. The van der Waals surface area contributed by atoms with Crippen molar-refractivity contribution in [2.75, 3.05) is 38.1 Å². The van der Waals surface area contributed by atoms with Crippen LogP contribution in [0, 0.1) is 19.7 Å². The van der Waals surface area contributed by atoms with Gasteiger partial charge in [0.25, 0.3) is 0 Å². The second kappa shape index (κ2) is 6.14. The van der Waals surface area contributed by atoms with E-state index in [1.807, 2.05) is 13.0 Å². The minimum atomic E-state index is -0.266. The number of rotatable bonds is 1. The largest absolute Gasteiger partial charge is 0.338 e. The number of halogens is 2. The van der Waals surface area contributed by atoms with E-state index < -0.39 is 0 Å². The summed E-state index contributed by atoms with van der Waals surface area (Å²) >= 11 is 0. The topological polar surface area (TPSA) is 49.6 Å². The predicted molar refractivity (Wildman–Crippen MR) is 94.7 cm³/mol. The van der Waals surface area contributed by atoms with E-state index in [2.05, 4.69) is 26.9 Å². The molecule has 4 rings (SSSR count). The molecular formula is C16H20ClFN6. The first-order valence-electron chi connectivity index (χ1n) is 7.80. The van der Waals surface area contributed by atoms with Gasteiger partial charge in [-0.1, -0.05) is 6.07 Å². The third kappa shape index (κ3) is 2.57. The van der Waals surface area contributed by atoms with Crippen LogP contribution >= 0.6 is 12.4 Å². The molecule has 3 heterocycles. The fourth-order valence-electron chi connectivity index (χ4n) is 3.06. The zero-order valence-electron chi connectivity index (χ0n) is 14.0. The summed E-state index contributed by atoms with van der Waals surface area (Å²) in [5.41, 5.74) is 1.76. The lowest BCUT2D eigenvalue weighted by molar-refractivity contribution is 0.310. The van der Waals surface area contributed by atoms with Crippen molar-refractivity contribution in [1.29, 1.82) is 0 Å². The Morgan fingerprint density at radius 3 is 2.46 bits per heavy atom. The Balaban J connectivity index is 0.00000169. The highest BCUT2D eigenvalue weighted by atomic mass is 35.5. The molecule has 6 nitrogen and oxygen atoms in total. The van der Waals surface area contributed by atoms with Crippen LogP contribution in [0.5, 0.6) is 0 Å². The van der Waals surface area contributed by atoms with Crippen molar-refractivity contribution in [2.24, 2.45) is 0 Å². The summed E-state index contributed by atoms with van der Waals surface area (Å²) in [4.78, 5) is 13.6. The first kappa shape index (κ1) is 16.9. The Kier molecular flexibility index (Phi) is 4.31. The first-order valence-corrected chi connectivity index (χ1v) is 7.80. The molecule has 1 aromatic carbocycles. The maximum atomic E-state index is 14.6. The summed E-state index contributed by atoms with van der Waals surface area (Å²) in [6.07, 6.45) is 0. The summed E-state index contributed by atoms with van der Waals surface area (Å²) in [7, 11) is 2.11. The van der Waals surface area contributed by atoms with Crippen LogP contribution < -0.4 is 4.90 Å². The number of aryl methyl sites for hydroxylation is 2. The van der Waals surface area contributed by atoms with E-state index in [-0.39, 0.29) is 18.2 Å². The molecule has 1 aliphatic rings. The van der Waals surface area contributed by atoms with E-state index in [0.717, 1.165) is 32.1 Å². The Morgan fingerprint density at radius 2 is 1.75 bits per heavy atom. The van der Waals surface area contributed by atoms with Crippen molar-refractivity contribution in [3.05, 3.63) is 29.3 Å². The van der Waals surface area contributed by atoms with Crippen LogP contribution in [0.2, 0.25) is 0 Å².